The van der Waals surface area contributed by atoms with Crippen molar-refractivity contribution in [1.29, 1.82) is 0 Å². The number of carbonyl (C=O) groups excluding carboxylic acids is 1. The molecule has 0 atom stereocenters. The molecule has 15 heavy (non-hydrogen) atoms. The van der Waals surface area contributed by atoms with Gasteiger partial charge >= 0.3 is 0 Å². The van der Waals surface area contributed by atoms with Gasteiger partial charge in [-0.1, -0.05) is 17.7 Å². The van der Waals surface area contributed by atoms with Crippen molar-refractivity contribution in [2.45, 2.75) is 18.4 Å². The first-order valence-electron chi connectivity index (χ1n) is 4.57. The number of nitrogens with two attached hydrogens (primary N) is 1. The lowest BCUT2D eigenvalue weighted by atomic mass is 10.2. The molecule has 1 saturated carbocycles. The molecule has 2 rings (SSSR count). The number of halogens is 2. The summed E-state index contributed by atoms with van der Waals surface area (Å²) >= 11 is 9.21. The second kappa shape index (κ2) is 3.77. The minimum Gasteiger partial charge on any atom is -0.323 e. The van der Waals surface area contributed by atoms with E-state index in [1.54, 1.807) is 18.2 Å². The maximum absolute atomic E-state index is 11.7. The zero-order chi connectivity index (χ0) is 11.1. The highest BCUT2D eigenvalue weighted by Gasteiger charge is 2.46. The van der Waals surface area contributed by atoms with Gasteiger partial charge in [0.2, 0.25) is 5.91 Å². The van der Waals surface area contributed by atoms with Gasteiger partial charge in [-0.25, -0.2) is 0 Å². The molecule has 0 saturated heterocycles. The second-order valence-corrected chi connectivity index (χ2v) is 4.91. The Bertz CT molecular complexity index is 418. The molecule has 0 unspecified atom stereocenters. The van der Waals surface area contributed by atoms with Crippen molar-refractivity contribution in [3.05, 3.63) is 27.7 Å². The normalized spacial score (nSPS) is 17.3. The predicted octanol–water partition coefficient (Wildman–Crippen LogP) is 2.53. The Kier molecular flexibility index (Phi) is 2.75. The molecule has 0 aliphatic heterocycles. The van der Waals surface area contributed by atoms with E-state index in [1.165, 1.54) is 0 Å². The van der Waals surface area contributed by atoms with E-state index in [1.807, 2.05) is 0 Å². The number of anilines is 1. The van der Waals surface area contributed by atoms with Crippen LogP contribution in [0.15, 0.2) is 22.7 Å². The quantitative estimate of drug-likeness (QED) is 0.879. The summed E-state index contributed by atoms with van der Waals surface area (Å²) in [4.78, 5) is 11.7. The summed E-state index contributed by atoms with van der Waals surface area (Å²) in [5.41, 5.74) is 5.76. The Hall–Kier alpha value is -0.580. The first-order chi connectivity index (χ1) is 7.03. The number of hydrogen-bond donors (Lipinski definition) is 2. The van der Waals surface area contributed by atoms with Crippen LogP contribution in [0.4, 0.5) is 5.69 Å². The predicted molar refractivity (Wildman–Crippen MR) is 63.9 cm³/mol. The van der Waals surface area contributed by atoms with Crippen LogP contribution in [-0.2, 0) is 4.79 Å². The van der Waals surface area contributed by atoms with E-state index in [9.17, 15) is 4.79 Å². The van der Waals surface area contributed by atoms with Gasteiger partial charge in [0.25, 0.3) is 0 Å². The Balaban J connectivity index is 2.17. The van der Waals surface area contributed by atoms with Crippen molar-refractivity contribution in [2.75, 3.05) is 5.32 Å². The third kappa shape index (κ3) is 2.17. The SMILES string of the molecule is NC1(C(=O)Nc2cccc(Cl)c2Br)CC1. The van der Waals surface area contributed by atoms with Crippen LogP contribution in [0.1, 0.15) is 12.8 Å². The Morgan fingerprint density at radius 2 is 2.20 bits per heavy atom. The summed E-state index contributed by atoms with van der Waals surface area (Å²) in [5.74, 6) is -0.148. The summed E-state index contributed by atoms with van der Waals surface area (Å²) < 4.78 is 0.685. The molecule has 1 aromatic rings. The zero-order valence-electron chi connectivity index (χ0n) is 7.89. The van der Waals surface area contributed by atoms with Crippen molar-refractivity contribution in [2.24, 2.45) is 5.73 Å². The summed E-state index contributed by atoms with van der Waals surface area (Å²) in [7, 11) is 0. The average molecular weight is 290 g/mol. The molecule has 3 N–H and O–H groups in total. The molecule has 0 aromatic heterocycles. The lowest BCUT2D eigenvalue weighted by Gasteiger charge is -2.11. The fourth-order valence-corrected chi connectivity index (χ4v) is 1.75. The average Bonchev–Trinajstić information content (AvgIpc) is 2.93. The Morgan fingerprint density at radius 3 is 2.80 bits per heavy atom. The van der Waals surface area contributed by atoms with Gasteiger partial charge in [0.1, 0.15) is 0 Å². The van der Waals surface area contributed by atoms with Crippen molar-refractivity contribution in [3.63, 3.8) is 0 Å². The van der Waals surface area contributed by atoms with Crippen LogP contribution in [0, 0.1) is 0 Å². The third-order valence-electron chi connectivity index (χ3n) is 2.44. The number of hydrogen-bond acceptors (Lipinski definition) is 2. The number of benzene rings is 1. The number of carbonyl (C=O) groups is 1. The van der Waals surface area contributed by atoms with E-state index in [0.717, 1.165) is 12.8 Å². The van der Waals surface area contributed by atoms with E-state index in [4.69, 9.17) is 17.3 Å². The zero-order valence-corrected chi connectivity index (χ0v) is 10.2. The number of amides is 1. The number of nitrogens with one attached hydrogen (secondary N) is 1. The molecule has 0 bridgehead atoms. The van der Waals surface area contributed by atoms with Gasteiger partial charge in [0, 0.05) is 0 Å². The largest absolute Gasteiger partial charge is 0.323 e. The Morgan fingerprint density at radius 1 is 1.53 bits per heavy atom. The molecule has 0 radical (unpaired) electrons. The Labute approximate surface area is 101 Å². The minimum atomic E-state index is -0.665. The molecule has 0 spiro atoms. The lowest BCUT2D eigenvalue weighted by molar-refractivity contribution is -0.118. The molecule has 0 heterocycles. The highest BCUT2D eigenvalue weighted by molar-refractivity contribution is 9.10. The molecule has 80 valence electrons. The number of rotatable bonds is 2. The molecule has 1 aromatic carbocycles. The first-order valence-corrected chi connectivity index (χ1v) is 5.74. The van der Waals surface area contributed by atoms with E-state index < -0.39 is 5.54 Å². The summed E-state index contributed by atoms with van der Waals surface area (Å²) in [6.45, 7) is 0. The third-order valence-corrected chi connectivity index (χ3v) is 3.84. The molecule has 1 fully saturated rings. The van der Waals surface area contributed by atoms with Crippen molar-refractivity contribution < 1.29 is 4.79 Å². The van der Waals surface area contributed by atoms with E-state index in [2.05, 4.69) is 21.2 Å². The van der Waals surface area contributed by atoms with Crippen LogP contribution in [-0.4, -0.2) is 11.4 Å². The summed E-state index contributed by atoms with van der Waals surface area (Å²) in [6.07, 6.45) is 1.49. The van der Waals surface area contributed by atoms with Gasteiger partial charge in [-0.3, -0.25) is 4.79 Å². The van der Waals surface area contributed by atoms with Gasteiger partial charge in [0.05, 0.1) is 20.7 Å². The molecule has 1 aliphatic carbocycles. The van der Waals surface area contributed by atoms with Gasteiger partial charge in [-0.15, -0.1) is 0 Å². The topological polar surface area (TPSA) is 55.1 Å². The monoisotopic (exact) mass is 288 g/mol. The summed E-state index contributed by atoms with van der Waals surface area (Å²) in [6, 6.07) is 5.30. The van der Waals surface area contributed by atoms with E-state index in [-0.39, 0.29) is 5.91 Å². The highest BCUT2D eigenvalue weighted by atomic mass is 79.9. The van der Waals surface area contributed by atoms with Crippen molar-refractivity contribution in [3.8, 4) is 0 Å². The van der Waals surface area contributed by atoms with Crippen LogP contribution >= 0.6 is 27.5 Å². The molecule has 1 amide bonds. The van der Waals surface area contributed by atoms with Crippen molar-refractivity contribution >= 4 is 39.1 Å². The smallest absolute Gasteiger partial charge is 0.244 e. The van der Waals surface area contributed by atoms with Crippen molar-refractivity contribution in [1.82, 2.24) is 0 Å². The standard InChI is InChI=1S/C10H10BrClN2O/c11-8-6(12)2-1-3-7(8)14-9(15)10(13)4-5-10/h1-3H,4-5,13H2,(H,14,15). The molecular weight excluding hydrogens is 279 g/mol. The molecule has 5 heteroatoms. The molecule has 3 nitrogen and oxygen atoms in total. The maximum atomic E-state index is 11.7. The van der Waals surface area contributed by atoms with Crippen LogP contribution in [0.3, 0.4) is 0 Å². The van der Waals surface area contributed by atoms with Crippen LogP contribution in [0.25, 0.3) is 0 Å². The van der Waals surface area contributed by atoms with Gasteiger partial charge in [0.15, 0.2) is 0 Å². The lowest BCUT2D eigenvalue weighted by Crippen LogP contribution is -2.37. The van der Waals surface area contributed by atoms with E-state index in [0.29, 0.717) is 15.2 Å². The second-order valence-electron chi connectivity index (χ2n) is 3.71. The first kappa shape index (κ1) is 10.9. The van der Waals surface area contributed by atoms with Gasteiger partial charge in [-0.05, 0) is 40.9 Å². The van der Waals surface area contributed by atoms with E-state index >= 15 is 0 Å². The van der Waals surface area contributed by atoms with Crippen LogP contribution < -0.4 is 11.1 Å². The van der Waals surface area contributed by atoms with Crippen LogP contribution in [0.2, 0.25) is 5.02 Å². The van der Waals surface area contributed by atoms with Gasteiger partial charge in [-0.2, -0.15) is 0 Å². The van der Waals surface area contributed by atoms with Crippen LogP contribution in [0.5, 0.6) is 0 Å². The highest BCUT2D eigenvalue weighted by Crippen LogP contribution is 2.35. The summed E-state index contributed by atoms with van der Waals surface area (Å²) in [5, 5.41) is 3.32. The fourth-order valence-electron chi connectivity index (χ4n) is 1.21. The molecular formula is C10H10BrClN2O. The van der Waals surface area contributed by atoms with Gasteiger partial charge < -0.3 is 11.1 Å². The fraction of sp³-hybridized carbons (Fsp3) is 0.300. The maximum Gasteiger partial charge on any atom is 0.244 e. The minimum absolute atomic E-state index is 0.148. The molecule has 1 aliphatic rings.